The van der Waals surface area contributed by atoms with Gasteiger partial charge < -0.3 is 9.47 Å². The first-order valence-corrected chi connectivity index (χ1v) is 4.50. The average molecular weight is 240 g/mol. The third kappa shape index (κ3) is 0.991. The molecule has 1 saturated carbocycles. The van der Waals surface area contributed by atoms with Gasteiger partial charge in [0.2, 0.25) is 0 Å². The minimum absolute atomic E-state index is 0.408. The van der Waals surface area contributed by atoms with Crippen LogP contribution in [-0.2, 0) is 9.47 Å². The Morgan fingerprint density at radius 3 is 2.89 bits per heavy atom. The van der Waals surface area contributed by atoms with Gasteiger partial charge in [-0.05, 0) is 12.8 Å². The molecule has 1 aliphatic heterocycles. The Morgan fingerprint density at radius 1 is 1.22 bits per heavy atom. The second-order valence-corrected chi connectivity index (χ2v) is 4.15. The van der Waals surface area contributed by atoms with Crippen molar-refractivity contribution < 1.29 is 9.47 Å². The van der Waals surface area contributed by atoms with Gasteiger partial charge in [-0.15, -0.1) is 0 Å². The van der Waals surface area contributed by atoms with Crippen molar-refractivity contribution in [1.82, 2.24) is 0 Å². The summed E-state index contributed by atoms with van der Waals surface area (Å²) in [6.07, 6.45) is 3.28. The van der Waals surface area contributed by atoms with E-state index in [1.54, 1.807) is 0 Å². The molecule has 9 heavy (non-hydrogen) atoms. The number of hydrogen-bond donors (Lipinski definition) is 0. The highest BCUT2D eigenvalue weighted by atomic mass is 127. The number of hydrogen-bond acceptors (Lipinski definition) is 2. The zero-order valence-corrected chi connectivity index (χ0v) is 7.21. The monoisotopic (exact) mass is 240 g/mol. The van der Waals surface area contributed by atoms with Crippen LogP contribution < -0.4 is 0 Å². The molecule has 0 N–H and O–H groups in total. The van der Waals surface area contributed by atoms with Crippen LogP contribution in [0.5, 0.6) is 0 Å². The van der Waals surface area contributed by atoms with Crippen LogP contribution in [0.3, 0.4) is 0 Å². The minimum atomic E-state index is 0.408. The topological polar surface area (TPSA) is 18.5 Å². The Hall–Kier alpha value is 0.650. The van der Waals surface area contributed by atoms with Crippen LogP contribution >= 0.6 is 22.6 Å². The largest absolute Gasteiger partial charge is 0.349 e. The van der Waals surface area contributed by atoms with E-state index in [1.807, 2.05) is 0 Å². The molecule has 2 aliphatic rings. The fraction of sp³-hybridized carbons (Fsp3) is 1.00. The Morgan fingerprint density at radius 2 is 2.11 bits per heavy atom. The van der Waals surface area contributed by atoms with Gasteiger partial charge in [0.25, 0.3) is 0 Å². The normalized spacial score (nSPS) is 49.7. The molecule has 1 heterocycles. The molecule has 0 aromatic carbocycles. The zero-order valence-electron chi connectivity index (χ0n) is 5.05. The molecule has 0 radical (unpaired) electrons. The Bertz CT molecular complexity index is 118. The molecule has 1 aliphatic carbocycles. The number of alkyl halides is 1. The van der Waals surface area contributed by atoms with Crippen molar-refractivity contribution in [3.8, 4) is 0 Å². The molecule has 52 valence electrons. The summed E-state index contributed by atoms with van der Waals surface area (Å²) in [7, 11) is 0. The van der Waals surface area contributed by atoms with Gasteiger partial charge in [0, 0.05) is 3.92 Å². The molecule has 1 unspecified atom stereocenters. The van der Waals surface area contributed by atoms with Crippen LogP contribution in [-0.4, -0.2) is 22.9 Å². The van der Waals surface area contributed by atoms with E-state index >= 15 is 0 Å². The van der Waals surface area contributed by atoms with Crippen LogP contribution in [0, 0.1) is 0 Å². The standard InChI is InChI=1S/C6H9IO2/c7-4-1-2-5-6(4)9-3-8-5/h4-6H,1-3H2/t4?,5-,6+/m0/s1. The second kappa shape index (κ2) is 2.36. The Labute approximate surface area is 68.0 Å². The van der Waals surface area contributed by atoms with E-state index in [2.05, 4.69) is 22.6 Å². The summed E-state index contributed by atoms with van der Waals surface area (Å²) in [5.41, 5.74) is 0. The first kappa shape index (κ1) is 6.37. The average Bonchev–Trinajstić information content (AvgIpc) is 2.35. The molecule has 2 fully saturated rings. The SMILES string of the molecule is IC1CC[C@@H]2OCO[C@H]12. The first-order valence-electron chi connectivity index (χ1n) is 3.25. The van der Waals surface area contributed by atoms with Gasteiger partial charge in [-0.3, -0.25) is 0 Å². The number of fused-ring (bicyclic) bond motifs is 1. The third-order valence-corrected chi connectivity index (χ3v) is 3.32. The summed E-state index contributed by atoms with van der Waals surface area (Å²) in [5.74, 6) is 0. The van der Waals surface area contributed by atoms with E-state index in [1.165, 1.54) is 12.8 Å². The summed E-state index contributed by atoms with van der Waals surface area (Å²) < 4.78 is 11.4. The maximum Gasteiger partial charge on any atom is 0.147 e. The van der Waals surface area contributed by atoms with Crippen molar-refractivity contribution in [2.24, 2.45) is 0 Å². The predicted octanol–water partition coefficient (Wildman–Crippen LogP) is 1.33. The van der Waals surface area contributed by atoms with Gasteiger partial charge >= 0.3 is 0 Å². The van der Waals surface area contributed by atoms with E-state index in [-0.39, 0.29) is 0 Å². The number of rotatable bonds is 0. The lowest BCUT2D eigenvalue weighted by Gasteiger charge is -2.07. The lowest BCUT2D eigenvalue weighted by Crippen LogP contribution is -2.21. The quantitative estimate of drug-likeness (QED) is 0.469. The van der Waals surface area contributed by atoms with Gasteiger partial charge in [-0.25, -0.2) is 0 Å². The van der Waals surface area contributed by atoms with Crippen molar-refractivity contribution in [3.63, 3.8) is 0 Å². The van der Waals surface area contributed by atoms with Crippen LogP contribution in [0.25, 0.3) is 0 Å². The highest BCUT2D eigenvalue weighted by Crippen LogP contribution is 2.34. The van der Waals surface area contributed by atoms with Crippen molar-refractivity contribution in [2.45, 2.75) is 29.0 Å². The van der Waals surface area contributed by atoms with Gasteiger partial charge in [0.15, 0.2) is 0 Å². The smallest absolute Gasteiger partial charge is 0.147 e. The lowest BCUT2D eigenvalue weighted by molar-refractivity contribution is 0.0312. The molecule has 2 rings (SSSR count). The van der Waals surface area contributed by atoms with Crippen molar-refractivity contribution in [1.29, 1.82) is 0 Å². The maximum atomic E-state index is 5.36. The minimum Gasteiger partial charge on any atom is -0.349 e. The van der Waals surface area contributed by atoms with Crippen molar-refractivity contribution in [3.05, 3.63) is 0 Å². The fourth-order valence-corrected chi connectivity index (χ4v) is 2.51. The molecule has 0 bridgehead atoms. The second-order valence-electron chi connectivity index (χ2n) is 2.55. The van der Waals surface area contributed by atoms with Gasteiger partial charge in [0.1, 0.15) is 6.79 Å². The third-order valence-electron chi connectivity index (χ3n) is 1.99. The molecule has 2 nitrogen and oxygen atoms in total. The summed E-state index contributed by atoms with van der Waals surface area (Å²) in [6, 6.07) is 0. The summed E-state index contributed by atoms with van der Waals surface area (Å²) >= 11 is 2.44. The summed E-state index contributed by atoms with van der Waals surface area (Å²) in [5, 5.41) is 0. The molecular formula is C6H9IO2. The molecule has 3 heteroatoms. The molecule has 0 spiro atoms. The molecular weight excluding hydrogens is 231 g/mol. The van der Waals surface area contributed by atoms with Gasteiger partial charge in [-0.2, -0.15) is 0 Å². The number of ether oxygens (including phenoxy) is 2. The van der Waals surface area contributed by atoms with Crippen molar-refractivity contribution in [2.75, 3.05) is 6.79 Å². The highest BCUT2D eigenvalue weighted by Gasteiger charge is 2.39. The molecule has 0 aromatic heterocycles. The van der Waals surface area contributed by atoms with Gasteiger partial charge in [-0.1, -0.05) is 22.6 Å². The highest BCUT2D eigenvalue weighted by molar-refractivity contribution is 14.1. The molecule has 3 atom stereocenters. The van der Waals surface area contributed by atoms with Crippen LogP contribution in [0.15, 0.2) is 0 Å². The van der Waals surface area contributed by atoms with Crippen molar-refractivity contribution >= 4 is 22.6 Å². The Kier molecular flexibility index (Phi) is 1.67. The summed E-state index contributed by atoms with van der Waals surface area (Å²) in [4.78, 5) is 0. The van der Waals surface area contributed by atoms with Crippen LogP contribution in [0.4, 0.5) is 0 Å². The summed E-state index contributed by atoms with van der Waals surface area (Å²) in [6.45, 7) is 0.523. The van der Waals surface area contributed by atoms with E-state index in [0.717, 1.165) is 0 Å². The van der Waals surface area contributed by atoms with E-state index in [4.69, 9.17) is 9.47 Å². The maximum absolute atomic E-state index is 5.36. The van der Waals surface area contributed by atoms with E-state index in [0.29, 0.717) is 22.9 Å². The van der Waals surface area contributed by atoms with Crippen LogP contribution in [0.2, 0.25) is 0 Å². The molecule has 0 amide bonds. The fourth-order valence-electron chi connectivity index (χ4n) is 1.48. The lowest BCUT2D eigenvalue weighted by atomic mass is 10.3. The van der Waals surface area contributed by atoms with Crippen LogP contribution in [0.1, 0.15) is 12.8 Å². The van der Waals surface area contributed by atoms with E-state index < -0.39 is 0 Å². The Balaban J connectivity index is 2.07. The molecule has 0 aromatic rings. The van der Waals surface area contributed by atoms with E-state index in [9.17, 15) is 0 Å². The predicted molar refractivity (Wildman–Crippen MR) is 41.7 cm³/mol. The zero-order chi connectivity index (χ0) is 6.27. The molecule has 1 saturated heterocycles. The van der Waals surface area contributed by atoms with Gasteiger partial charge in [0.05, 0.1) is 12.2 Å². The first-order chi connectivity index (χ1) is 4.38. The number of halogens is 1.